The highest BCUT2D eigenvalue weighted by molar-refractivity contribution is 7.99. The summed E-state index contributed by atoms with van der Waals surface area (Å²) in [5.74, 6) is 0.803. The van der Waals surface area contributed by atoms with Crippen molar-refractivity contribution in [3.05, 3.63) is 53.1 Å². The minimum atomic E-state index is -0.0808. The van der Waals surface area contributed by atoms with Crippen LogP contribution in [-0.4, -0.2) is 18.2 Å². The molecule has 3 nitrogen and oxygen atoms in total. The second-order valence-corrected chi connectivity index (χ2v) is 6.06. The molecular formula is C15H13ClN2OS. The highest BCUT2D eigenvalue weighted by atomic mass is 35.5. The van der Waals surface area contributed by atoms with Crippen molar-refractivity contribution < 1.29 is 4.79 Å². The summed E-state index contributed by atoms with van der Waals surface area (Å²) in [4.78, 5) is 15.6. The van der Waals surface area contributed by atoms with Crippen LogP contribution < -0.4 is 10.6 Å². The average molecular weight is 305 g/mol. The Kier molecular flexibility index (Phi) is 3.59. The molecule has 0 saturated carbocycles. The van der Waals surface area contributed by atoms with Crippen LogP contribution in [0.25, 0.3) is 0 Å². The number of thioether (sulfide) groups is 1. The van der Waals surface area contributed by atoms with Gasteiger partial charge in [-0.05, 0) is 30.3 Å². The first-order chi connectivity index (χ1) is 9.66. The van der Waals surface area contributed by atoms with Gasteiger partial charge in [0.15, 0.2) is 0 Å². The molecule has 0 aliphatic carbocycles. The Bertz CT molecular complexity index is 675. The highest BCUT2D eigenvalue weighted by Gasteiger charge is 2.25. The molecule has 2 aromatic rings. The molecule has 1 amide bonds. The maximum absolute atomic E-state index is 12.7. The summed E-state index contributed by atoms with van der Waals surface area (Å²) in [5, 5.41) is 0.394. The third-order valence-electron chi connectivity index (χ3n) is 3.20. The molecule has 2 N–H and O–H groups in total. The van der Waals surface area contributed by atoms with Gasteiger partial charge in [-0.3, -0.25) is 4.79 Å². The molecule has 0 bridgehead atoms. The minimum absolute atomic E-state index is 0.0808. The van der Waals surface area contributed by atoms with Gasteiger partial charge in [0.25, 0.3) is 5.91 Å². The van der Waals surface area contributed by atoms with Crippen LogP contribution >= 0.6 is 23.4 Å². The number of nitrogen functional groups attached to an aromatic ring is 1. The van der Waals surface area contributed by atoms with Gasteiger partial charge in [-0.1, -0.05) is 23.7 Å². The third kappa shape index (κ3) is 2.37. The Morgan fingerprint density at radius 2 is 2.05 bits per heavy atom. The lowest BCUT2D eigenvalue weighted by Gasteiger charge is -2.29. The Labute approximate surface area is 126 Å². The molecule has 1 heterocycles. The fraction of sp³-hybridized carbons (Fsp3) is 0.133. The van der Waals surface area contributed by atoms with Crippen LogP contribution in [0.1, 0.15) is 10.4 Å². The van der Waals surface area contributed by atoms with E-state index in [1.807, 2.05) is 24.3 Å². The summed E-state index contributed by atoms with van der Waals surface area (Å²) in [6.07, 6.45) is 0. The number of amides is 1. The molecule has 0 aromatic heterocycles. The zero-order chi connectivity index (χ0) is 14.1. The molecule has 0 radical (unpaired) electrons. The smallest absolute Gasteiger partial charge is 0.259 e. The van der Waals surface area contributed by atoms with E-state index in [4.69, 9.17) is 17.3 Å². The van der Waals surface area contributed by atoms with E-state index in [0.29, 0.717) is 22.8 Å². The summed E-state index contributed by atoms with van der Waals surface area (Å²) in [7, 11) is 0. The molecule has 102 valence electrons. The normalized spacial score (nSPS) is 13.9. The van der Waals surface area contributed by atoms with E-state index in [2.05, 4.69) is 0 Å². The third-order valence-corrected chi connectivity index (χ3v) is 4.55. The molecule has 0 fully saturated rings. The van der Waals surface area contributed by atoms with Gasteiger partial charge in [0.1, 0.15) is 0 Å². The second kappa shape index (κ2) is 5.38. The number of rotatable bonds is 1. The van der Waals surface area contributed by atoms with Crippen molar-refractivity contribution >= 4 is 40.6 Å². The van der Waals surface area contributed by atoms with E-state index in [1.165, 1.54) is 0 Å². The van der Waals surface area contributed by atoms with E-state index < -0.39 is 0 Å². The van der Waals surface area contributed by atoms with Gasteiger partial charge in [0.05, 0.1) is 16.3 Å². The molecule has 5 heteroatoms. The molecule has 0 unspecified atom stereocenters. The Morgan fingerprint density at radius 1 is 1.25 bits per heavy atom. The molecule has 20 heavy (non-hydrogen) atoms. The van der Waals surface area contributed by atoms with Crippen LogP contribution in [-0.2, 0) is 0 Å². The number of carbonyl (C=O) groups is 1. The number of fused-ring (bicyclic) bond motifs is 1. The maximum Gasteiger partial charge on any atom is 0.259 e. The lowest BCUT2D eigenvalue weighted by atomic mass is 10.1. The van der Waals surface area contributed by atoms with Crippen molar-refractivity contribution in [1.29, 1.82) is 0 Å². The predicted molar refractivity (Wildman–Crippen MR) is 84.7 cm³/mol. The van der Waals surface area contributed by atoms with Gasteiger partial charge in [-0.2, -0.15) is 0 Å². The standard InChI is InChI=1S/C15H13ClN2OS/c16-12-9-10(17)5-6-11(12)15(19)18-7-8-20-14-4-2-1-3-13(14)18/h1-6,9H,7-8,17H2. The lowest BCUT2D eigenvalue weighted by Crippen LogP contribution is -2.35. The van der Waals surface area contributed by atoms with Crippen molar-refractivity contribution in [2.24, 2.45) is 0 Å². The molecule has 1 aliphatic rings. The number of hydrogen-bond acceptors (Lipinski definition) is 3. The number of nitrogens with zero attached hydrogens (tertiary/aromatic N) is 1. The van der Waals surface area contributed by atoms with Crippen LogP contribution in [0.15, 0.2) is 47.4 Å². The number of anilines is 2. The SMILES string of the molecule is Nc1ccc(C(=O)N2CCSc3ccccc32)c(Cl)c1. The highest BCUT2D eigenvalue weighted by Crippen LogP contribution is 2.35. The summed E-state index contributed by atoms with van der Waals surface area (Å²) < 4.78 is 0. The average Bonchev–Trinajstić information content (AvgIpc) is 2.46. The monoisotopic (exact) mass is 304 g/mol. The van der Waals surface area contributed by atoms with Gasteiger partial charge in [0.2, 0.25) is 0 Å². The molecular weight excluding hydrogens is 292 g/mol. The number of benzene rings is 2. The fourth-order valence-electron chi connectivity index (χ4n) is 2.23. The first-order valence-corrected chi connectivity index (χ1v) is 7.62. The van der Waals surface area contributed by atoms with Crippen molar-refractivity contribution in [3.63, 3.8) is 0 Å². The Morgan fingerprint density at radius 3 is 2.85 bits per heavy atom. The Hall–Kier alpha value is -1.65. The van der Waals surface area contributed by atoms with E-state index in [-0.39, 0.29) is 5.91 Å². The number of hydrogen-bond donors (Lipinski definition) is 1. The predicted octanol–water partition coefficient (Wildman–Crippen LogP) is 3.67. The molecule has 0 atom stereocenters. The summed E-state index contributed by atoms with van der Waals surface area (Å²) >= 11 is 7.90. The van der Waals surface area contributed by atoms with Gasteiger partial charge < -0.3 is 10.6 Å². The van der Waals surface area contributed by atoms with Crippen LogP contribution in [0.2, 0.25) is 5.02 Å². The van der Waals surface area contributed by atoms with Crippen molar-refractivity contribution in [3.8, 4) is 0 Å². The molecule has 0 saturated heterocycles. The van der Waals surface area contributed by atoms with Crippen LogP contribution in [0, 0.1) is 0 Å². The van der Waals surface area contributed by atoms with E-state index in [1.54, 1.807) is 34.9 Å². The van der Waals surface area contributed by atoms with E-state index in [0.717, 1.165) is 16.3 Å². The molecule has 0 spiro atoms. The number of nitrogens with two attached hydrogens (primary N) is 1. The summed E-state index contributed by atoms with van der Waals surface area (Å²) in [6.45, 7) is 0.682. The van der Waals surface area contributed by atoms with Crippen LogP contribution in [0.3, 0.4) is 0 Å². The fourth-order valence-corrected chi connectivity index (χ4v) is 3.50. The van der Waals surface area contributed by atoms with E-state index >= 15 is 0 Å². The van der Waals surface area contributed by atoms with Crippen molar-refractivity contribution in [2.75, 3.05) is 22.9 Å². The zero-order valence-electron chi connectivity index (χ0n) is 10.7. The van der Waals surface area contributed by atoms with Crippen molar-refractivity contribution in [1.82, 2.24) is 0 Å². The van der Waals surface area contributed by atoms with Crippen LogP contribution in [0.4, 0.5) is 11.4 Å². The number of carbonyl (C=O) groups excluding carboxylic acids is 1. The van der Waals surface area contributed by atoms with Crippen molar-refractivity contribution in [2.45, 2.75) is 4.90 Å². The zero-order valence-corrected chi connectivity index (χ0v) is 12.2. The topological polar surface area (TPSA) is 46.3 Å². The number of para-hydroxylation sites is 1. The second-order valence-electron chi connectivity index (χ2n) is 4.51. The largest absolute Gasteiger partial charge is 0.399 e. The lowest BCUT2D eigenvalue weighted by molar-refractivity contribution is 0.0988. The minimum Gasteiger partial charge on any atom is -0.399 e. The molecule has 1 aliphatic heterocycles. The summed E-state index contributed by atoms with van der Waals surface area (Å²) in [6, 6.07) is 12.9. The quantitative estimate of drug-likeness (QED) is 0.818. The van der Waals surface area contributed by atoms with Gasteiger partial charge in [0, 0.05) is 22.9 Å². The molecule has 3 rings (SSSR count). The first-order valence-electron chi connectivity index (χ1n) is 6.25. The summed E-state index contributed by atoms with van der Waals surface area (Å²) in [5.41, 5.74) is 7.66. The number of halogens is 1. The molecule has 2 aromatic carbocycles. The first kappa shape index (κ1) is 13.3. The van der Waals surface area contributed by atoms with E-state index in [9.17, 15) is 4.79 Å². The van der Waals surface area contributed by atoms with Gasteiger partial charge in [-0.15, -0.1) is 11.8 Å². The maximum atomic E-state index is 12.7. The van der Waals surface area contributed by atoms with Gasteiger partial charge in [-0.25, -0.2) is 0 Å². The Balaban J connectivity index is 2.00. The van der Waals surface area contributed by atoms with Crippen LogP contribution in [0.5, 0.6) is 0 Å². The van der Waals surface area contributed by atoms with Gasteiger partial charge >= 0.3 is 0 Å².